The number of rotatable bonds is 8. The normalized spacial score (nSPS) is 10.7. The highest BCUT2D eigenvalue weighted by atomic mass is 19.3. The van der Waals surface area contributed by atoms with Crippen molar-refractivity contribution in [3.05, 3.63) is 71.8 Å². The van der Waals surface area contributed by atoms with Gasteiger partial charge in [-0.05, 0) is 23.3 Å². The monoisotopic (exact) mass is 388 g/mol. The standard InChI is InChI=1S/C19H18F2N4O3/c1-27-16-4-2-3-15(17(16)28-19(20)21)18(26)23-9-13-5-7-14(8-6-13)10-25-12-22-11-24-25/h2-8,11-12,19H,9-10H2,1H3,(H,23,26). The van der Waals surface area contributed by atoms with Crippen molar-refractivity contribution in [2.24, 2.45) is 0 Å². The Morgan fingerprint density at radius 2 is 1.93 bits per heavy atom. The molecule has 1 heterocycles. The summed E-state index contributed by atoms with van der Waals surface area (Å²) in [5, 5.41) is 6.74. The van der Waals surface area contributed by atoms with Gasteiger partial charge in [-0.15, -0.1) is 0 Å². The fourth-order valence-corrected chi connectivity index (χ4v) is 2.61. The average molecular weight is 388 g/mol. The molecule has 1 N–H and O–H groups in total. The lowest BCUT2D eigenvalue weighted by atomic mass is 10.1. The molecule has 0 saturated heterocycles. The third kappa shape index (κ3) is 4.81. The molecule has 0 unspecified atom stereocenters. The quantitative estimate of drug-likeness (QED) is 0.642. The number of methoxy groups -OCH3 is 1. The van der Waals surface area contributed by atoms with E-state index in [-0.39, 0.29) is 23.6 Å². The van der Waals surface area contributed by atoms with E-state index in [2.05, 4.69) is 20.1 Å². The number of nitrogens with one attached hydrogen (secondary N) is 1. The Morgan fingerprint density at radius 1 is 1.18 bits per heavy atom. The second-order valence-corrected chi connectivity index (χ2v) is 5.81. The van der Waals surface area contributed by atoms with Crippen LogP contribution in [0.5, 0.6) is 11.5 Å². The Kier molecular flexibility index (Phi) is 6.15. The zero-order valence-electron chi connectivity index (χ0n) is 15.0. The first kappa shape index (κ1) is 19.3. The van der Waals surface area contributed by atoms with Crippen molar-refractivity contribution in [2.45, 2.75) is 19.7 Å². The summed E-state index contributed by atoms with van der Waals surface area (Å²) in [7, 11) is 1.32. The minimum absolute atomic E-state index is 0.0255. The van der Waals surface area contributed by atoms with Crippen molar-refractivity contribution >= 4 is 5.91 Å². The van der Waals surface area contributed by atoms with E-state index >= 15 is 0 Å². The molecule has 3 rings (SSSR count). The van der Waals surface area contributed by atoms with E-state index < -0.39 is 12.5 Å². The van der Waals surface area contributed by atoms with Gasteiger partial charge in [-0.25, -0.2) is 9.67 Å². The number of carbonyl (C=O) groups is 1. The predicted octanol–water partition coefficient (Wildman–Crippen LogP) is 2.87. The van der Waals surface area contributed by atoms with Gasteiger partial charge in [-0.3, -0.25) is 4.79 Å². The number of halogens is 2. The molecular weight excluding hydrogens is 370 g/mol. The Labute approximate surface area is 159 Å². The number of alkyl halides is 2. The summed E-state index contributed by atoms with van der Waals surface area (Å²) in [6, 6.07) is 12.0. The van der Waals surface area contributed by atoms with E-state index in [1.54, 1.807) is 11.0 Å². The van der Waals surface area contributed by atoms with Crippen molar-refractivity contribution in [1.29, 1.82) is 0 Å². The summed E-state index contributed by atoms with van der Waals surface area (Å²) in [6.07, 6.45) is 3.09. The third-order valence-electron chi connectivity index (χ3n) is 3.94. The van der Waals surface area contributed by atoms with Gasteiger partial charge in [0.05, 0.1) is 19.2 Å². The number of hydrogen-bond donors (Lipinski definition) is 1. The Morgan fingerprint density at radius 3 is 2.57 bits per heavy atom. The third-order valence-corrected chi connectivity index (χ3v) is 3.94. The Hall–Kier alpha value is -3.49. The molecule has 0 radical (unpaired) electrons. The van der Waals surface area contributed by atoms with Crippen LogP contribution in [0, 0.1) is 0 Å². The molecule has 1 aromatic heterocycles. The topological polar surface area (TPSA) is 78.3 Å². The Balaban J connectivity index is 1.65. The molecule has 0 aliphatic rings. The minimum atomic E-state index is -3.07. The molecule has 2 aromatic carbocycles. The van der Waals surface area contributed by atoms with Gasteiger partial charge in [-0.2, -0.15) is 13.9 Å². The maximum Gasteiger partial charge on any atom is 0.387 e. The molecule has 0 aliphatic heterocycles. The van der Waals surface area contributed by atoms with Gasteiger partial charge in [-0.1, -0.05) is 30.3 Å². The van der Waals surface area contributed by atoms with Gasteiger partial charge < -0.3 is 14.8 Å². The molecule has 0 saturated carbocycles. The number of para-hydroxylation sites is 1. The molecule has 146 valence electrons. The van der Waals surface area contributed by atoms with Crippen LogP contribution in [0.1, 0.15) is 21.5 Å². The van der Waals surface area contributed by atoms with E-state index in [0.717, 1.165) is 11.1 Å². The summed E-state index contributed by atoms with van der Waals surface area (Å²) in [4.78, 5) is 16.3. The van der Waals surface area contributed by atoms with Gasteiger partial charge in [0.25, 0.3) is 5.91 Å². The number of amides is 1. The molecule has 0 bridgehead atoms. The van der Waals surface area contributed by atoms with Gasteiger partial charge in [0.15, 0.2) is 11.5 Å². The Bertz CT molecular complexity index is 915. The fourth-order valence-electron chi connectivity index (χ4n) is 2.61. The number of benzene rings is 2. The van der Waals surface area contributed by atoms with Crippen LogP contribution in [0.25, 0.3) is 0 Å². The molecule has 7 nitrogen and oxygen atoms in total. The second kappa shape index (κ2) is 8.94. The van der Waals surface area contributed by atoms with Crippen LogP contribution in [0.3, 0.4) is 0 Å². The number of hydrogen-bond acceptors (Lipinski definition) is 5. The molecule has 1 amide bonds. The van der Waals surface area contributed by atoms with Gasteiger partial charge >= 0.3 is 6.61 Å². The molecule has 0 spiro atoms. The summed E-state index contributed by atoms with van der Waals surface area (Å²) in [5.41, 5.74) is 1.86. The average Bonchev–Trinajstić information content (AvgIpc) is 3.20. The molecular formula is C19H18F2N4O3. The maximum absolute atomic E-state index is 12.7. The first-order valence-corrected chi connectivity index (χ1v) is 8.37. The minimum Gasteiger partial charge on any atom is -0.493 e. The van der Waals surface area contributed by atoms with Gasteiger partial charge in [0.2, 0.25) is 0 Å². The van der Waals surface area contributed by atoms with Crippen LogP contribution in [0.2, 0.25) is 0 Å². The van der Waals surface area contributed by atoms with E-state index in [4.69, 9.17) is 4.74 Å². The molecule has 3 aromatic rings. The highest BCUT2D eigenvalue weighted by Crippen LogP contribution is 2.32. The van der Waals surface area contributed by atoms with E-state index in [1.165, 1.54) is 31.6 Å². The van der Waals surface area contributed by atoms with Crippen LogP contribution < -0.4 is 14.8 Å². The van der Waals surface area contributed by atoms with Crippen molar-refractivity contribution in [1.82, 2.24) is 20.1 Å². The highest BCUT2D eigenvalue weighted by Gasteiger charge is 2.20. The molecule has 0 aliphatic carbocycles. The zero-order chi connectivity index (χ0) is 19.9. The first-order chi connectivity index (χ1) is 13.6. The maximum atomic E-state index is 12.7. The lowest BCUT2D eigenvalue weighted by molar-refractivity contribution is -0.0515. The largest absolute Gasteiger partial charge is 0.493 e. The molecule has 0 fully saturated rings. The predicted molar refractivity (Wildman–Crippen MR) is 96.4 cm³/mol. The summed E-state index contributed by atoms with van der Waals surface area (Å²) in [5.74, 6) is -0.771. The van der Waals surface area contributed by atoms with E-state index in [0.29, 0.717) is 6.54 Å². The van der Waals surface area contributed by atoms with E-state index in [1.807, 2.05) is 24.3 Å². The van der Waals surface area contributed by atoms with Crippen molar-refractivity contribution < 1.29 is 23.0 Å². The summed E-state index contributed by atoms with van der Waals surface area (Å²) in [6.45, 7) is -2.25. The lowest BCUT2D eigenvalue weighted by Gasteiger charge is -2.14. The van der Waals surface area contributed by atoms with Crippen LogP contribution in [0.4, 0.5) is 8.78 Å². The van der Waals surface area contributed by atoms with Crippen LogP contribution in [-0.2, 0) is 13.1 Å². The fraction of sp³-hybridized carbons (Fsp3) is 0.211. The van der Waals surface area contributed by atoms with Crippen molar-refractivity contribution in [3.63, 3.8) is 0 Å². The molecule has 28 heavy (non-hydrogen) atoms. The van der Waals surface area contributed by atoms with E-state index in [9.17, 15) is 13.6 Å². The number of ether oxygens (including phenoxy) is 2. The molecule has 9 heteroatoms. The van der Waals surface area contributed by atoms with Gasteiger partial charge in [0, 0.05) is 6.54 Å². The SMILES string of the molecule is COc1cccc(C(=O)NCc2ccc(Cn3cncn3)cc2)c1OC(F)F. The number of nitrogens with zero attached hydrogens (tertiary/aromatic N) is 3. The number of aromatic nitrogens is 3. The number of carbonyl (C=O) groups excluding carboxylic acids is 1. The van der Waals surface area contributed by atoms with Crippen LogP contribution >= 0.6 is 0 Å². The van der Waals surface area contributed by atoms with Gasteiger partial charge in [0.1, 0.15) is 12.7 Å². The van der Waals surface area contributed by atoms with Crippen molar-refractivity contribution in [3.8, 4) is 11.5 Å². The smallest absolute Gasteiger partial charge is 0.387 e. The lowest BCUT2D eigenvalue weighted by Crippen LogP contribution is -2.24. The van der Waals surface area contributed by atoms with Crippen LogP contribution in [-0.4, -0.2) is 34.4 Å². The summed E-state index contributed by atoms with van der Waals surface area (Å²) >= 11 is 0. The summed E-state index contributed by atoms with van der Waals surface area (Å²) < 4.78 is 36.5. The zero-order valence-corrected chi connectivity index (χ0v) is 15.0. The first-order valence-electron chi connectivity index (χ1n) is 8.37. The second-order valence-electron chi connectivity index (χ2n) is 5.81. The van der Waals surface area contributed by atoms with Crippen LogP contribution in [0.15, 0.2) is 55.1 Å². The highest BCUT2D eigenvalue weighted by molar-refractivity contribution is 5.97. The van der Waals surface area contributed by atoms with Crippen molar-refractivity contribution in [2.75, 3.05) is 7.11 Å². The molecule has 0 atom stereocenters.